The molecule has 2 aromatic rings. The van der Waals surface area contributed by atoms with Crippen molar-refractivity contribution in [1.82, 2.24) is 9.80 Å². The molecule has 1 amide bonds. The summed E-state index contributed by atoms with van der Waals surface area (Å²) in [5, 5.41) is 11.5. The molecule has 2 aliphatic heterocycles. The Morgan fingerprint density at radius 2 is 1.82 bits per heavy atom. The van der Waals surface area contributed by atoms with Gasteiger partial charge in [0.25, 0.3) is 11.7 Å². The van der Waals surface area contributed by atoms with Gasteiger partial charge in [0.15, 0.2) is 11.5 Å². The van der Waals surface area contributed by atoms with Gasteiger partial charge in [-0.1, -0.05) is 18.7 Å². The number of methoxy groups -OCH3 is 2. The van der Waals surface area contributed by atoms with Gasteiger partial charge in [-0.25, -0.2) is 0 Å². The van der Waals surface area contributed by atoms with Crippen LogP contribution >= 0.6 is 0 Å². The fourth-order valence-electron chi connectivity index (χ4n) is 5.06. The predicted molar refractivity (Wildman–Crippen MR) is 147 cm³/mol. The number of ether oxygens (including phenoxy) is 4. The number of morpholine rings is 1. The summed E-state index contributed by atoms with van der Waals surface area (Å²) < 4.78 is 21.9. The lowest BCUT2D eigenvalue weighted by Gasteiger charge is -2.29. The van der Waals surface area contributed by atoms with Crippen LogP contribution in [-0.4, -0.2) is 86.8 Å². The summed E-state index contributed by atoms with van der Waals surface area (Å²) in [4.78, 5) is 30.6. The first-order chi connectivity index (χ1) is 18.9. The van der Waals surface area contributed by atoms with Crippen LogP contribution < -0.4 is 14.2 Å². The summed E-state index contributed by atoms with van der Waals surface area (Å²) in [5.74, 6) is 0.0257. The molecular weight excluding hydrogens is 500 g/mol. The Morgan fingerprint density at radius 1 is 1.08 bits per heavy atom. The van der Waals surface area contributed by atoms with Gasteiger partial charge in [0, 0.05) is 31.7 Å². The lowest BCUT2D eigenvalue weighted by molar-refractivity contribution is -0.140. The quantitative estimate of drug-likeness (QED) is 0.201. The maximum absolute atomic E-state index is 13.4. The highest BCUT2D eigenvalue weighted by atomic mass is 16.5. The SMILES string of the molecule is C=CCOc1ccc(C(O)=C2C(=O)C(=O)N(CCCN3CCOCC3)[C@H]2c2ccc(OC)c(OC)c2)c(C)c1. The van der Waals surface area contributed by atoms with Gasteiger partial charge in [0.1, 0.15) is 18.1 Å². The summed E-state index contributed by atoms with van der Waals surface area (Å²) in [5.41, 5.74) is 1.85. The molecular formula is C30H36N2O7. The van der Waals surface area contributed by atoms with Gasteiger partial charge >= 0.3 is 0 Å². The van der Waals surface area contributed by atoms with Crippen molar-refractivity contribution < 1.29 is 33.6 Å². The number of likely N-dealkylation sites (tertiary alicyclic amines) is 1. The average Bonchev–Trinajstić information content (AvgIpc) is 3.21. The number of ketones is 1. The lowest BCUT2D eigenvalue weighted by atomic mass is 9.93. The monoisotopic (exact) mass is 536 g/mol. The van der Waals surface area contributed by atoms with Crippen molar-refractivity contribution >= 4 is 17.4 Å². The second-order valence-corrected chi connectivity index (χ2v) is 9.49. The Balaban J connectivity index is 1.73. The highest BCUT2D eigenvalue weighted by Gasteiger charge is 2.46. The minimum Gasteiger partial charge on any atom is -0.507 e. The molecule has 1 N–H and O–H groups in total. The van der Waals surface area contributed by atoms with Gasteiger partial charge < -0.3 is 29.0 Å². The van der Waals surface area contributed by atoms with Gasteiger partial charge in [0.2, 0.25) is 0 Å². The van der Waals surface area contributed by atoms with E-state index in [0.29, 0.717) is 66.7 Å². The van der Waals surface area contributed by atoms with Crippen molar-refractivity contribution in [1.29, 1.82) is 0 Å². The number of nitrogens with zero attached hydrogens (tertiary/aromatic N) is 2. The Labute approximate surface area is 229 Å². The Bertz CT molecular complexity index is 1250. The minimum atomic E-state index is -0.786. The van der Waals surface area contributed by atoms with Crippen LogP contribution in [0.3, 0.4) is 0 Å². The maximum atomic E-state index is 13.4. The molecule has 9 nitrogen and oxygen atoms in total. The third-order valence-corrected chi connectivity index (χ3v) is 7.06. The average molecular weight is 537 g/mol. The molecule has 0 bridgehead atoms. The minimum absolute atomic E-state index is 0.0430. The van der Waals surface area contributed by atoms with Crippen molar-refractivity contribution in [2.45, 2.75) is 19.4 Å². The molecule has 2 aromatic carbocycles. The zero-order valence-electron chi connectivity index (χ0n) is 22.8. The zero-order chi connectivity index (χ0) is 27.9. The van der Waals surface area contributed by atoms with E-state index in [-0.39, 0.29) is 11.3 Å². The van der Waals surface area contributed by atoms with Crippen LogP contribution in [-0.2, 0) is 14.3 Å². The molecule has 2 saturated heterocycles. The molecule has 0 aliphatic carbocycles. The largest absolute Gasteiger partial charge is 0.507 e. The molecule has 39 heavy (non-hydrogen) atoms. The Morgan fingerprint density at radius 3 is 2.49 bits per heavy atom. The van der Waals surface area contributed by atoms with Gasteiger partial charge in [0.05, 0.1) is 39.0 Å². The normalized spacial score (nSPS) is 19.3. The number of benzene rings is 2. The number of aliphatic hydroxyl groups excluding tert-OH is 1. The van der Waals surface area contributed by atoms with E-state index in [1.165, 1.54) is 7.11 Å². The highest BCUT2D eigenvalue weighted by Crippen LogP contribution is 2.42. The van der Waals surface area contributed by atoms with E-state index in [2.05, 4.69) is 11.5 Å². The van der Waals surface area contributed by atoms with Crippen molar-refractivity contribution in [3.05, 3.63) is 71.3 Å². The molecule has 9 heteroatoms. The van der Waals surface area contributed by atoms with Gasteiger partial charge in [-0.2, -0.15) is 0 Å². The molecule has 208 valence electrons. The molecule has 0 radical (unpaired) electrons. The summed E-state index contributed by atoms with van der Waals surface area (Å²) >= 11 is 0. The first-order valence-corrected chi connectivity index (χ1v) is 13.0. The van der Waals surface area contributed by atoms with E-state index >= 15 is 0 Å². The van der Waals surface area contributed by atoms with Crippen LogP contribution in [0, 0.1) is 6.92 Å². The van der Waals surface area contributed by atoms with Crippen LogP contribution in [0.25, 0.3) is 5.76 Å². The van der Waals surface area contributed by atoms with Crippen molar-refractivity contribution in [3.63, 3.8) is 0 Å². The summed E-state index contributed by atoms with van der Waals surface area (Å²) in [6.45, 7) is 10.00. The van der Waals surface area contributed by atoms with Gasteiger partial charge in [-0.3, -0.25) is 14.5 Å². The first kappa shape index (κ1) is 28.2. The van der Waals surface area contributed by atoms with E-state index in [9.17, 15) is 14.7 Å². The van der Waals surface area contributed by atoms with Crippen LogP contribution in [0.15, 0.2) is 54.6 Å². The number of carbonyl (C=O) groups excluding carboxylic acids is 2. The number of rotatable bonds is 11. The highest BCUT2D eigenvalue weighted by molar-refractivity contribution is 6.46. The summed E-state index contributed by atoms with van der Waals surface area (Å²) in [6.07, 6.45) is 2.32. The molecule has 0 saturated carbocycles. The number of hydrogen-bond acceptors (Lipinski definition) is 8. The maximum Gasteiger partial charge on any atom is 0.295 e. The zero-order valence-corrected chi connectivity index (χ0v) is 22.8. The molecule has 1 atom stereocenters. The Kier molecular flexibility index (Phi) is 9.27. The fraction of sp³-hybridized carbons (Fsp3) is 0.400. The van der Waals surface area contributed by atoms with Crippen LogP contribution in [0.1, 0.15) is 29.2 Å². The number of carbonyl (C=O) groups is 2. The number of amides is 1. The van der Waals surface area contributed by atoms with E-state index < -0.39 is 17.7 Å². The van der Waals surface area contributed by atoms with E-state index in [4.69, 9.17) is 18.9 Å². The van der Waals surface area contributed by atoms with Crippen molar-refractivity contribution in [2.24, 2.45) is 0 Å². The van der Waals surface area contributed by atoms with Crippen molar-refractivity contribution in [3.8, 4) is 17.2 Å². The topological polar surface area (TPSA) is 97.8 Å². The first-order valence-electron chi connectivity index (χ1n) is 13.0. The molecule has 0 unspecified atom stereocenters. The van der Waals surface area contributed by atoms with E-state index in [1.54, 1.807) is 54.5 Å². The smallest absolute Gasteiger partial charge is 0.295 e. The van der Waals surface area contributed by atoms with Crippen molar-refractivity contribution in [2.75, 3.05) is 60.2 Å². The molecule has 0 aromatic heterocycles. The van der Waals surface area contributed by atoms with Crippen LogP contribution in [0.5, 0.6) is 17.2 Å². The molecule has 2 heterocycles. The van der Waals surface area contributed by atoms with E-state index in [0.717, 1.165) is 19.6 Å². The molecule has 4 rings (SSSR count). The third-order valence-electron chi connectivity index (χ3n) is 7.06. The van der Waals surface area contributed by atoms with E-state index in [1.807, 2.05) is 6.92 Å². The number of aliphatic hydroxyl groups is 1. The van der Waals surface area contributed by atoms with Gasteiger partial charge in [-0.15, -0.1) is 0 Å². The van der Waals surface area contributed by atoms with Gasteiger partial charge in [-0.05, 0) is 54.8 Å². The summed E-state index contributed by atoms with van der Waals surface area (Å²) in [6, 6.07) is 9.68. The fourth-order valence-corrected chi connectivity index (χ4v) is 5.06. The standard InChI is InChI=1S/C30H36N2O7/c1-5-15-39-22-8-9-23(20(2)18-22)28(33)26-27(21-7-10-24(36-3)25(19-21)37-4)32(30(35)29(26)34)12-6-11-31-13-16-38-17-14-31/h5,7-10,18-19,27,33H,1,6,11-17H2,2-4H3/t27-/m0/s1. The number of Topliss-reactive ketones (excluding diaryl/α,β-unsaturated/α-hetero) is 1. The lowest BCUT2D eigenvalue weighted by Crippen LogP contribution is -2.39. The second-order valence-electron chi connectivity index (χ2n) is 9.49. The second kappa shape index (κ2) is 12.8. The Hall–Kier alpha value is -3.82. The predicted octanol–water partition coefficient (Wildman–Crippen LogP) is 3.72. The van der Waals surface area contributed by atoms with Crippen LogP contribution in [0.4, 0.5) is 0 Å². The van der Waals surface area contributed by atoms with Crippen LogP contribution in [0.2, 0.25) is 0 Å². The summed E-state index contributed by atoms with van der Waals surface area (Å²) in [7, 11) is 3.07. The molecule has 0 spiro atoms. The molecule has 2 fully saturated rings. The number of aryl methyl sites for hydroxylation is 1. The molecule has 2 aliphatic rings. The third kappa shape index (κ3) is 6.10. The number of hydrogen-bond donors (Lipinski definition) is 1.